The molecule has 0 aliphatic carbocycles. The standard InChI is InChI=1S/C15H22NO2S2/c1-2-18-15(17)12-20-14(11-13-7-6-10-19-13)16-8-4-3-5-9-16/h6-7,10H,2-5,8-9,11-12H2,1H3/q+1. The van der Waals surface area contributed by atoms with Gasteiger partial charge in [0.05, 0.1) is 13.0 Å². The highest BCUT2D eigenvalue weighted by atomic mass is 32.2. The molecule has 1 aliphatic heterocycles. The van der Waals surface area contributed by atoms with Gasteiger partial charge in [-0.15, -0.1) is 11.3 Å². The largest absolute Gasteiger partial charge is 0.465 e. The number of piperidine rings is 1. The molecule has 0 aromatic carbocycles. The van der Waals surface area contributed by atoms with E-state index in [1.165, 1.54) is 29.2 Å². The molecule has 1 saturated heterocycles. The van der Waals surface area contributed by atoms with Gasteiger partial charge in [0.2, 0.25) is 5.04 Å². The predicted molar refractivity (Wildman–Crippen MR) is 86.0 cm³/mol. The van der Waals surface area contributed by atoms with Crippen molar-refractivity contribution in [1.29, 1.82) is 0 Å². The van der Waals surface area contributed by atoms with E-state index in [4.69, 9.17) is 4.74 Å². The number of ether oxygens (including phenoxy) is 1. The third kappa shape index (κ3) is 4.94. The Morgan fingerprint density at radius 3 is 2.85 bits per heavy atom. The van der Waals surface area contributed by atoms with Crippen LogP contribution in [0, 0.1) is 0 Å². The lowest BCUT2D eigenvalue weighted by molar-refractivity contribution is -0.535. The maximum absolute atomic E-state index is 11.6. The van der Waals surface area contributed by atoms with E-state index in [1.807, 2.05) is 6.92 Å². The lowest BCUT2D eigenvalue weighted by Gasteiger charge is -2.13. The van der Waals surface area contributed by atoms with Crippen molar-refractivity contribution in [3.05, 3.63) is 22.4 Å². The SMILES string of the molecule is CCOC(=O)CSC(Cc1cccs1)=[N+]1CCCCC1. The number of carbonyl (C=O) groups excluding carboxylic acids is 1. The van der Waals surface area contributed by atoms with Crippen molar-refractivity contribution in [3.8, 4) is 0 Å². The quantitative estimate of drug-likeness (QED) is 0.475. The fourth-order valence-corrected chi connectivity index (χ4v) is 4.10. The van der Waals surface area contributed by atoms with Crippen LogP contribution < -0.4 is 0 Å². The minimum Gasteiger partial charge on any atom is -0.465 e. The van der Waals surface area contributed by atoms with Crippen LogP contribution in [0.3, 0.4) is 0 Å². The fraction of sp³-hybridized carbons (Fsp3) is 0.600. The monoisotopic (exact) mass is 312 g/mol. The van der Waals surface area contributed by atoms with Crippen molar-refractivity contribution in [2.75, 3.05) is 25.4 Å². The maximum atomic E-state index is 11.6. The lowest BCUT2D eigenvalue weighted by Crippen LogP contribution is -2.27. The van der Waals surface area contributed by atoms with Crippen LogP contribution >= 0.6 is 23.1 Å². The van der Waals surface area contributed by atoms with Crippen LogP contribution in [0.25, 0.3) is 0 Å². The number of nitrogens with zero attached hydrogens (tertiary/aromatic N) is 1. The van der Waals surface area contributed by atoms with Crippen molar-refractivity contribution >= 4 is 34.1 Å². The maximum Gasteiger partial charge on any atom is 0.316 e. The molecular weight excluding hydrogens is 290 g/mol. The molecule has 0 radical (unpaired) electrons. The molecule has 110 valence electrons. The minimum atomic E-state index is -0.113. The molecule has 1 aromatic rings. The van der Waals surface area contributed by atoms with Crippen LogP contribution in [-0.4, -0.2) is 41.0 Å². The zero-order chi connectivity index (χ0) is 14.2. The average molecular weight is 312 g/mol. The summed E-state index contributed by atoms with van der Waals surface area (Å²) in [5, 5.41) is 3.43. The van der Waals surface area contributed by atoms with Crippen molar-refractivity contribution in [1.82, 2.24) is 0 Å². The van der Waals surface area contributed by atoms with Crippen molar-refractivity contribution in [2.45, 2.75) is 32.6 Å². The first-order valence-electron chi connectivity index (χ1n) is 7.21. The van der Waals surface area contributed by atoms with Gasteiger partial charge < -0.3 is 4.74 Å². The van der Waals surface area contributed by atoms with Gasteiger partial charge in [-0.2, -0.15) is 0 Å². The zero-order valence-electron chi connectivity index (χ0n) is 12.0. The Morgan fingerprint density at radius 2 is 2.20 bits per heavy atom. The summed E-state index contributed by atoms with van der Waals surface area (Å²) in [6, 6.07) is 4.25. The summed E-state index contributed by atoms with van der Waals surface area (Å²) >= 11 is 3.43. The van der Waals surface area contributed by atoms with Gasteiger partial charge in [-0.1, -0.05) is 17.8 Å². The summed E-state index contributed by atoms with van der Waals surface area (Å²) in [6.07, 6.45) is 4.79. The van der Waals surface area contributed by atoms with E-state index in [1.54, 1.807) is 23.1 Å². The third-order valence-electron chi connectivity index (χ3n) is 3.28. The first-order valence-corrected chi connectivity index (χ1v) is 9.07. The molecule has 20 heavy (non-hydrogen) atoms. The molecule has 0 atom stereocenters. The van der Waals surface area contributed by atoms with E-state index >= 15 is 0 Å². The molecule has 0 amide bonds. The van der Waals surface area contributed by atoms with Crippen LogP contribution in [0.5, 0.6) is 0 Å². The van der Waals surface area contributed by atoms with E-state index in [0.717, 1.165) is 19.5 Å². The van der Waals surface area contributed by atoms with Gasteiger partial charge in [0.25, 0.3) is 0 Å². The summed E-state index contributed by atoms with van der Waals surface area (Å²) in [7, 11) is 0. The number of carbonyl (C=O) groups is 1. The molecule has 0 bridgehead atoms. The summed E-state index contributed by atoms with van der Waals surface area (Å²) in [5.74, 6) is 0.309. The van der Waals surface area contributed by atoms with Gasteiger partial charge in [-0.05, 0) is 24.8 Å². The minimum absolute atomic E-state index is 0.113. The van der Waals surface area contributed by atoms with Gasteiger partial charge in [0, 0.05) is 17.7 Å². The zero-order valence-corrected chi connectivity index (χ0v) is 13.6. The number of thiophene rings is 1. The van der Waals surface area contributed by atoms with Gasteiger partial charge in [0.15, 0.2) is 0 Å². The second-order valence-corrected chi connectivity index (χ2v) is 6.87. The van der Waals surface area contributed by atoms with Crippen molar-refractivity contribution in [3.63, 3.8) is 0 Å². The lowest BCUT2D eigenvalue weighted by atomic mass is 10.1. The summed E-state index contributed by atoms with van der Waals surface area (Å²) < 4.78 is 7.48. The molecule has 2 heterocycles. The molecule has 2 rings (SSSR count). The first kappa shape index (κ1) is 15.6. The normalized spacial score (nSPS) is 15.2. The molecule has 3 nitrogen and oxygen atoms in total. The van der Waals surface area contributed by atoms with E-state index in [9.17, 15) is 4.79 Å². The van der Waals surface area contributed by atoms with Crippen LogP contribution in [0.4, 0.5) is 0 Å². The van der Waals surface area contributed by atoms with Gasteiger partial charge in [-0.25, -0.2) is 4.58 Å². The topological polar surface area (TPSA) is 29.3 Å². The Morgan fingerprint density at radius 1 is 1.40 bits per heavy atom. The van der Waals surface area contributed by atoms with E-state index in [0.29, 0.717) is 12.4 Å². The Kier molecular flexibility index (Phi) is 6.60. The first-order chi connectivity index (χ1) is 9.79. The summed E-state index contributed by atoms with van der Waals surface area (Å²) in [6.45, 7) is 4.56. The number of hydrogen-bond acceptors (Lipinski definition) is 4. The fourth-order valence-electron chi connectivity index (χ4n) is 2.30. The van der Waals surface area contributed by atoms with Crippen molar-refractivity contribution in [2.24, 2.45) is 0 Å². The van der Waals surface area contributed by atoms with Crippen LogP contribution in [0.1, 0.15) is 31.1 Å². The number of rotatable bonds is 5. The van der Waals surface area contributed by atoms with E-state index < -0.39 is 0 Å². The molecule has 1 aromatic heterocycles. The van der Waals surface area contributed by atoms with Gasteiger partial charge >= 0.3 is 5.97 Å². The average Bonchev–Trinajstić information content (AvgIpc) is 2.97. The molecule has 1 fully saturated rings. The predicted octanol–water partition coefficient (Wildman–Crippen LogP) is 3.18. The Hall–Kier alpha value is -0.810. The number of hydrogen-bond donors (Lipinski definition) is 0. The summed E-state index contributed by atoms with van der Waals surface area (Å²) in [5.41, 5.74) is 0. The highest BCUT2D eigenvalue weighted by Gasteiger charge is 2.21. The third-order valence-corrected chi connectivity index (χ3v) is 5.27. The molecule has 1 aliphatic rings. The van der Waals surface area contributed by atoms with E-state index in [2.05, 4.69) is 22.1 Å². The summed E-state index contributed by atoms with van der Waals surface area (Å²) in [4.78, 5) is 12.9. The van der Waals surface area contributed by atoms with Crippen LogP contribution in [-0.2, 0) is 16.0 Å². The smallest absolute Gasteiger partial charge is 0.316 e. The van der Waals surface area contributed by atoms with Gasteiger partial charge in [-0.3, -0.25) is 4.79 Å². The Bertz CT molecular complexity index is 446. The molecule has 0 saturated carbocycles. The van der Waals surface area contributed by atoms with E-state index in [-0.39, 0.29) is 5.97 Å². The Labute approximate surface area is 129 Å². The highest BCUT2D eigenvalue weighted by Crippen LogP contribution is 2.18. The van der Waals surface area contributed by atoms with Crippen LogP contribution in [0.2, 0.25) is 0 Å². The Balaban J connectivity index is 2.01. The molecular formula is C15H22NO2S2+. The van der Waals surface area contributed by atoms with Gasteiger partial charge in [0.1, 0.15) is 18.8 Å². The molecule has 0 unspecified atom stereocenters. The second kappa shape index (κ2) is 8.47. The van der Waals surface area contributed by atoms with Crippen molar-refractivity contribution < 1.29 is 14.1 Å². The number of thioether (sulfide) groups is 1. The molecule has 5 heteroatoms. The number of esters is 1. The molecule has 0 spiro atoms. The second-order valence-electron chi connectivity index (χ2n) is 4.79. The molecule has 0 N–H and O–H groups in total. The van der Waals surface area contributed by atoms with Crippen LogP contribution in [0.15, 0.2) is 17.5 Å². The highest BCUT2D eigenvalue weighted by molar-refractivity contribution is 8.14.